The highest BCUT2D eigenvalue weighted by molar-refractivity contribution is 5.81. The molecule has 140 valence electrons. The summed E-state index contributed by atoms with van der Waals surface area (Å²) in [6, 6.07) is 18.2. The summed E-state index contributed by atoms with van der Waals surface area (Å²) in [5, 5.41) is 0. The van der Waals surface area contributed by atoms with Gasteiger partial charge in [0.25, 0.3) is 0 Å². The molecule has 0 saturated carbocycles. The Morgan fingerprint density at radius 2 is 1.04 bits per heavy atom. The number of hydrogen-bond acceptors (Lipinski definition) is 0. The zero-order valence-corrected chi connectivity index (χ0v) is 17.7. The molecule has 0 bridgehead atoms. The van der Waals surface area contributed by atoms with E-state index in [1.807, 2.05) is 0 Å². The second-order valence-electron chi connectivity index (χ2n) is 8.89. The van der Waals surface area contributed by atoms with Crippen LogP contribution >= 0.6 is 0 Å². The Morgan fingerprint density at radius 3 is 1.41 bits per heavy atom. The highest BCUT2D eigenvalue weighted by atomic mass is 14.5. The Kier molecular flexibility index (Phi) is 4.41. The number of hydrogen-bond donors (Lipinski definition) is 0. The molecule has 27 heavy (non-hydrogen) atoms. The van der Waals surface area contributed by atoms with Gasteiger partial charge in [0, 0.05) is 11.8 Å². The monoisotopic (exact) mass is 356 g/mol. The molecule has 0 heterocycles. The summed E-state index contributed by atoms with van der Waals surface area (Å²) >= 11 is 0. The summed E-state index contributed by atoms with van der Waals surface area (Å²) in [6.45, 7) is 14.4. The van der Waals surface area contributed by atoms with Crippen molar-refractivity contribution in [3.05, 3.63) is 81.9 Å². The Labute approximate surface area is 165 Å². The van der Waals surface area contributed by atoms with Crippen molar-refractivity contribution in [2.75, 3.05) is 0 Å². The van der Waals surface area contributed by atoms with Crippen LogP contribution in [-0.4, -0.2) is 0 Å². The van der Waals surface area contributed by atoms with Crippen molar-refractivity contribution in [2.24, 2.45) is 5.41 Å². The molecule has 0 amide bonds. The summed E-state index contributed by atoms with van der Waals surface area (Å²) in [7, 11) is 0. The average Bonchev–Trinajstić information content (AvgIpc) is 3.11. The SMILES string of the molecule is CCC1=C(C)C(C(C)(C)C2C(C)=C(CC)c3ccccc32)c2ccccc21. The maximum absolute atomic E-state index is 2.50. The van der Waals surface area contributed by atoms with Crippen LogP contribution in [0.4, 0.5) is 0 Å². The lowest BCUT2D eigenvalue weighted by Crippen LogP contribution is -2.29. The van der Waals surface area contributed by atoms with E-state index >= 15 is 0 Å². The third-order valence-electron chi connectivity index (χ3n) is 7.21. The molecule has 0 fully saturated rings. The van der Waals surface area contributed by atoms with E-state index in [4.69, 9.17) is 0 Å². The van der Waals surface area contributed by atoms with Crippen molar-refractivity contribution in [2.45, 2.75) is 66.2 Å². The molecule has 2 aromatic rings. The molecule has 2 aliphatic rings. The van der Waals surface area contributed by atoms with Crippen molar-refractivity contribution >= 4 is 11.1 Å². The van der Waals surface area contributed by atoms with Gasteiger partial charge in [-0.05, 0) is 65.5 Å². The Morgan fingerprint density at radius 1 is 0.667 bits per heavy atom. The first-order chi connectivity index (χ1) is 12.9. The maximum atomic E-state index is 2.50. The number of fused-ring (bicyclic) bond motifs is 2. The Hall–Kier alpha value is -2.08. The highest BCUT2D eigenvalue weighted by Crippen LogP contribution is 2.61. The van der Waals surface area contributed by atoms with Gasteiger partial charge >= 0.3 is 0 Å². The van der Waals surface area contributed by atoms with E-state index in [0.717, 1.165) is 12.8 Å². The van der Waals surface area contributed by atoms with E-state index in [1.165, 1.54) is 22.3 Å². The fourth-order valence-corrected chi connectivity index (χ4v) is 6.31. The van der Waals surface area contributed by atoms with Gasteiger partial charge in [-0.15, -0.1) is 0 Å². The van der Waals surface area contributed by atoms with E-state index in [-0.39, 0.29) is 5.41 Å². The summed E-state index contributed by atoms with van der Waals surface area (Å²) in [5.41, 5.74) is 12.5. The molecule has 0 aliphatic heterocycles. The van der Waals surface area contributed by atoms with Crippen LogP contribution < -0.4 is 0 Å². The van der Waals surface area contributed by atoms with Crippen molar-refractivity contribution in [1.82, 2.24) is 0 Å². The van der Waals surface area contributed by atoms with E-state index < -0.39 is 0 Å². The van der Waals surface area contributed by atoms with Crippen LogP contribution in [0.2, 0.25) is 0 Å². The van der Waals surface area contributed by atoms with Crippen LogP contribution in [0.5, 0.6) is 0 Å². The van der Waals surface area contributed by atoms with Gasteiger partial charge in [0.05, 0.1) is 0 Å². The molecule has 2 atom stereocenters. The summed E-state index contributed by atoms with van der Waals surface area (Å²) < 4.78 is 0. The van der Waals surface area contributed by atoms with Crippen LogP contribution in [-0.2, 0) is 0 Å². The number of rotatable bonds is 4. The smallest absolute Gasteiger partial charge is 0.0118 e. The van der Waals surface area contributed by atoms with E-state index in [0.29, 0.717) is 11.8 Å². The van der Waals surface area contributed by atoms with Gasteiger partial charge in [-0.3, -0.25) is 0 Å². The topological polar surface area (TPSA) is 0 Å². The predicted octanol–water partition coefficient (Wildman–Crippen LogP) is 7.97. The van der Waals surface area contributed by atoms with Crippen molar-refractivity contribution in [3.8, 4) is 0 Å². The second kappa shape index (κ2) is 6.51. The van der Waals surface area contributed by atoms with Gasteiger partial charge < -0.3 is 0 Å². The van der Waals surface area contributed by atoms with Gasteiger partial charge in [0.2, 0.25) is 0 Å². The lowest BCUT2D eigenvalue weighted by Gasteiger charge is -2.41. The number of benzene rings is 2. The van der Waals surface area contributed by atoms with Gasteiger partial charge in [-0.1, -0.05) is 87.4 Å². The summed E-state index contributed by atoms with van der Waals surface area (Å²) in [5.74, 6) is 0.959. The summed E-state index contributed by atoms with van der Waals surface area (Å²) in [4.78, 5) is 0. The largest absolute Gasteiger partial charge is 0.0619 e. The second-order valence-corrected chi connectivity index (χ2v) is 8.89. The molecule has 0 saturated heterocycles. The molecule has 0 N–H and O–H groups in total. The van der Waals surface area contributed by atoms with Gasteiger partial charge in [0.15, 0.2) is 0 Å². The molecule has 2 aromatic carbocycles. The Balaban J connectivity index is 1.90. The molecule has 2 unspecified atom stereocenters. The van der Waals surface area contributed by atoms with Crippen LogP contribution in [0.3, 0.4) is 0 Å². The first kappa shape index (κ1) is 18.3. The average molecular weight is 357 g/mol. The van der Waals surface area contributed by atoms with Crippen molar-refractivity contribution in [3.63, 3.8) is 0 Å². The molecular formula is C27H32. The molecule has 0 radical (unpaired) electrons. The molecule has 0 heteroatoms. The van der Waals surface area contributed by atoms with Gasteiger partial charge in [-0.25, -0.2) is 0 Å². The maximum Gasteiger partial charge on any atom is 0.0118 e. The minimum Gasteiger partial charge on any atom is -0.0619 e. The minimum atomic E-state index is 0.133. The fourth-order valence-electron chi connectivity index (χ4n) is 6.31. The van der Waals surface area contributed by atoms with Gasteiger partial charge in [-0.2, -0.15) is 0 Å². The quantitative estimate of drug-likeness (QED) is 0.521. The van der Waals surface area contributed by atoms with Crippen molar-refractivity contribution < 1.29 is 0 Å². The predicted molar refractivity (Wildman–Crippen MR) is 118 cm³/mol. The zero-order chi connectivity index (χ0) is 19.3. The zero-order valence-electron chi connectivity index (χ0n) is 17.7. The first-order valence-electron chi connectivity index (χ1n) is 10.5. The third-order valence-corrected chi connectivity index (χ3v) is 7.21. The standard InChI is InChI=1S/C27H32/c1-7-19-17(3)25(23-15-11-9-13-21(19)23)27(5,6)26-18(4)20(8-2)22-14-10-12-16-24(22)26/h9-16,25-26H,7-8H2,1-6H3. The molecule has 0 nitrogen and oxygen atoms in total. The first-order valence-corrected chi connectivity index (χ1v) is 10.5. The molecular weight excluding hydrogens is 324 g/mol. The molecule has 2 aliphatic carbocycles. The highest BCUT2D eigenvalue weighted by Gasteiger charge is 2.47. The van der Waals surface area contributed by atoms with Crippen LogP contribution in [0.15, 0.2) is 59.7 Å². The van der Waals surface area contributed by atoms with E-state index in [9.17, 15) is 0 Å². The van der Waals surface area contributed by atoms with Crippen LogP contribution in [0, 0.1) is 5.41 Å². The fraction of sp³-hybridized carbons (Fsp3) is 0.407. The van der Waals surface area contributed by atoms with Gasteiger partial charge in [0.1, 0.15) is 0 Å². The third kappa shape index (κ3) is 2.49. The van der Waals surface area contributed by atoms with Crippen molar-refractivity contribution in [1.29, 1.82) is 0 Å². The molecule has 0 spiro atoms. The summed E-state index contributed by atoms with van der Waals surface area (Å²) in [6.07, 6.45) is 2.23. The van der Waals surface area contributed by atoms with E-state index in [2.05, 4.69) is 90.1 Å². The molecule has 4 rings (SSSR count). The number of allylic oxidation sites excluding steroid dienone is 4. The normalized spacial score (nSPS) is 21.7. The minimum absolute atomic E-state index is 0.133. The molecule has 0 aromatic heterocycles. The lowest BCUT2D eigenvalue weighted by atomic mass is 9.62. The van der Waals surface area contributed by atoms with Crippen LogP contribution in [0.1, 0.15) is 88.5 Å². The van der Waals surface area contributed by atoms with Crippen LogP contribution in [0.25, 0.3) is 11.1 Å². The lowest BCUT2D eigenvalue weighted by molar-refractivity contribution is 0.274. The Bertz CT molecular complexity index is 874. The van der Waals surface area contributed by atoms with E-state index in [1.54, 1.807) is 22.3 Å².